The van der Waals surface area contributed by atoms with Gasteiger partial charge < -0.3 is 14.8 Å². The molecule has 5 nitrogen and oxygen atoms in total. The predicted octanol–water partition coefficient (Wildman–Crippen LogP) is 3.17. The quantitative estimate of drug-likeness (QED) is 0.560. The number of fused-ring (bicyclic) bond motifs is 1. The fourth-order valence-electron chi connectivity index (χ4n) is 1.97. The van der Waals surface area contributed by atoms with Crippen LogP contribution in [0, 0.1) is 0 Å². The highest BCUT2D eigenvalue weighted by Gasteiger charge is 2.12. The molecule has 0 aliphatic carbocycles. The van der Waals surface area contributed by atoms with Crippen LogP contribution in [0.2, 0.25) is 0 Å². The van der Waals surface area contributed by atoms with Crippen molar-refractivity contribution in [1.82, 2.24) is 10.7 Å². The topological polar surface area (TPSA) is 54.5 Å². The summed E-state index contributed by atoms with van der Waals surface area (Å²) >= 11 is 8.65. The number of hydrazine groups is 1. The monoisotopic (exact) mass is 379 g/mol. The Balaban J connectivity index is 1.48. The number of ether oxygens (including phenoxy) is 2. The van der Waals surface area contributed by atoms with Crippen LogP contribution in [0.1, 0.15) is 5.56 Å². The smallest absolute Gasteiger partial charge is 0.231 e. The number of anilines is 1. The molecule has 2 aromatic rings. The van der Waals surface area contributed by atoms with E-state index in [4.69, 9.17) is 21.7 Å². The number of nitrogens with one attached hydrogen (secondary N) is 3. The predicted molar refractivity (Wildman–Crippen MR) is 92.9 cm³/mol. The highest BCUT2D eigenvalue weighted by molar-refractivity contribution is 9.10. The summed E-state index contributed by atoms with van der Waals surface area (Å²) in [5.41, 5.74) is 7.96. The van der Waals surface area contributed by atoms with Gasteiger partial charge in [0.15, 0.2) is 16.6 Å². The molecule has 0 bridgehead atoms. The first-order valence-electron chi connectivity index (χ1n) is 6.65. The summed E-state index contributed by atoms with van der Waals surface area (Å²) in [5.74, 6) is 1.55. The van der Waals surface area contributed by atoms with Gasteiger partial charge in [-0.1, -0.05) is 28.1 Å². The minimum absolute atomic E-state index is 0.280. The van der Waals surface area contributed by atoms with Crippen LogP contribution in [0.4, 0.5) is 5.69 Å². The molecule has 0 aromatic heterocycles. The van der Waals surface area contributed by atoms with E-state index < -0.39 is 0 Å². The van der Waals surface area contributed by atoms with Gasteiger partial charge in [0.05, 0.1) is 5.69 Å². The van der Waals surface area contributed by atoms with Crippen molar-refractivity contribution in [3.05, 3.63) is 52.5 Å². The minimum Gasteiger partial charge on any atom is -0.454 e. The zero-order valence-corrected chi connectivity index (χ0v) is 14.0. The SMILES string of the molecule is S=C(NCc1ccc2c(c1)OCO2)NNc1cccc(Br)c1. The zero-order chi connectivity index (χ0) is 15.4. The van der Waals surface area contributed by atoms with Crippen LogP contribution < -0.4 is 25.6 Å². The lowest BCUT2D eigenvalue weighted by Gasteiger charge is -2.13. The van der Waals surface area contributed by atoms with Gasteiger partial charge in [-0.15, -0.1) is 0 Å². The van der Waals surface area contributed by atoms with E-state index in [9.17, 15) is 0 Å². The van der Waals surface area contributed by atoms with Gasteiger partial charge in [-0.05, 0) is 48.1 Å². The molecule has 2 aromatic carbocycles. The molecule has 3 rings (SSSR count). The second kappa shape index (κ2) is 6.85. The Morgan fingerprint density at radius 2 is 2.00 bits per heavy atom. The molecule has 0 saturated carbocycles. The fourth-order valence-corrected chi connectivity index (χ4v) is 2.50. The van der Waals surface area contributed by atoms with Crippen molar-refractivity contribution in [2.45, 2.75) is 6.54 Å². The summed E-state index contributed by atoms with van der Waals surface area (Å²) in [7, 11) is 0. The third kappa shape index (κ3) is 3.80. The van der Waals surface area contributed by atoms with E-state index >= 15 is 0 Å². The summed E-state index contributed by atoms with van der Waals surface area (Å²) in [6.45, 7) is 0.880. The van der Waals surface area contributed by atoms with Gasteiger partial charge >= 0.3 is 0 Å². The Labute approximate surface area is 142 Å². The molecule has 0 unspecified atom stereocenters. The molecule has 0 saturated heterocycles. The standard InChI is InChI=1S/C15H14BrN3O2S/c16-11-2-1-3-12(7-11)18-19-15(22)17-8-10-4-5-13-14(6-10)21-9-20-13/h1-7,18H,8-9H2,(H2,17,19,22). The third-order valence-electron chi connectivity index (χ3n) is 3.04. The third-order valence-corrected chi connectivity index (χ3v) is 3.77. The van der Waals surface area contributed by atoms with Gasteiger partial charge in [0, 0.05) is 11.0 Å². The summed E-state index contributed by atoms with van der Waals surface area (Å²) in [5, 5.41) is 3.64. The van der Waals surface area contributed by atoms with Gasteiger partial charge in [-0.3, -0.25) is 10.9 Å². The van der Waals surface area contributed by atoms with Crippen LogP contribution in [-0.4, -0.2) is 11.9 Å². The number of benzene rings is 2. The summed E-state index contributed by atoms with van der Waals surface area (Å²) < 4.78 is 11.6. The Bertz CT molecular complexity index is 696. The highest BCUT2D eigenvalue weighted by atomic mass is 79.9. The molecule has 0 atom stereocenters. The van der Waals surface area contributed by atoms with E-state index in [2.05, 4.69) is 32.1 Å². The Kier molecular flexibility index (Phi) is 4.65. The van der Waals surface area contributed by atoms with Crippen LogP contribution >= 0.6 is 28.1 Å². The Hall–Kier alpha value is -1.99. The molecule has 1 heterocycles. The molecule has 0 amide bonds. The first-order valence-corrected chi connectivity index (χ1v) is 7.85. The van der Waals surface area contributed by atoms with Crippen molar-refractivity contribution < 1.29 is 9.47 Å². The lowest BCUT2D eigenvalue weighted by Crippen LogP contribution is -2.38. The van der Waals surface area contributed by atoms with Gasteiger partial charge in [0.2, 0.25) is 6.79 Å². The fraction of sp³-hybridized carbons (Fsp3) is 0.133. The van der Waals surface area contributed by atoms with Crippen LogP contribution in [0.25, 0.3) is 0 Å². The van der Waals surface area contributed by atoms with E-state index in [1.807, 2.05) is 42.5 Å². The van der Waals surface area contributed by atoms with Crippen molar-refractivity contribution in [3.63, 3.8) is 0 Å². The lowest BCUT2D eigenvalue weighted by molar-refractivity contribution is 0.174. The maximum atomic E-state index is 5.35. The van der Waals surface area contributed by atoms with Crippen molar-refractivity contribution >= 4 is 38.9 Å². The molecule has 114 valence electrons. The van der Waals surface area contributed by atoms with E-state index in [1.165, 1.54) is 0 Å². The second-order valence-electron chi connectivity index (χ2n) is 4.63. The molecule has 22 heavy (non-hydrogen) atoms. The largest absolute Gasteiger partial charge is 0.454 e. The van der Waals surface area contributed by atoms with Crippen LogP contribution in [0.3, 0.4) is 0 Å². The van der Waals surface area contributed by atoms with Gasteiger partial charge in [0.25, 0.3) is 0 Å². The maximum Gasteiger partial charge on any atom is 0.231 e. The average Bonchev–Trinajstić information content (AvgIpc) is 2.98. The number of thiocarbonyl (C=S) groups is 1. The van der Waals surface area contributed by atoms with Crippen molar-refractivity contribution in [2.24, 2.45) is 0 Å². The van der Waals surface area contributed by atoms with Gasteiger partial charge in [-0.25, -0.2) is 0 Å². The average molecular weight is 380 g/mol. The van der Waals surface area contributed by atoms with Crippen LogP contribution in [-0.2, 0) is 6.54 Å². The van der Waals surface area contributed by atoms with Crippen LogP contribution in [0.15, 0.2) is 46.9 Å². The van der Waals surface area contributed by atoms with E-state index in [0.29, 0.717) is 11.7 Å². The Morgan fingerprint density at radius 1 is 1.14 bits per heavy atom. The first kappa shape index (κ1) is 14.9. The molecule has 0 radical (unpaired) electrons. The van der Waals surface area contributed by atoms with Crippen LogP contribution in [0.5, 0.6) is 11.5 Å². The first-order chi connectivity index (χ1) is 10.7. The number of halogens is 1. The minimum atomic E-state index is 0.280. The Morgan fingerprint density at radius 3 is 2.86 bits per heavy atom. The van der Waals surface area contributed by atoms with E-state index in [1.54, 1.807) is 0 Å². The molecule has 3 N–H and O–H groups in total. The van der Waals surface area contributed by atoms with Crippen molar-refractivity contribution in [3.8, 4) is 11.5 Å². The summed E-state index contributed by atoms with van der Waals surface area (Å²) in [6, 6.07) is 13.6. The maximum absolute atomic E-state index is 5.35. The normalized spacial score (nSPS) is 11.9. The summed E-state index contributed by atoms with van der Waals surface area (Å²) in [4.78, 5) is 0. The van der Waals surface area contributed by atoms with E-state index in [-0.39, 0.29) is 6.79 Å². The molecule has 1 aliphatic heterocycles. The van der Waals surface area contributed by atoms with E-state index in [0.717, 1.165) is 27.2 Å². The highest BCUT2D eigenvalue weighted by Crippen LogP contribution is 2.32. The van der Waals surface area contributed by atoms with Gasteiger partial charge in [0.1, 0.15) is 0 Å². The van der Waals surface area contributed by atoms with Crippen molar-refractivity contribution in [2.75, 3.05) is 12.2 Å². The zero-order valence-electron chi connectivity index (χ0n) is 11.6. The molecule has 0 fully saturated rings. The molecule has 0 spiro atoms. The molecule has 7 heteroatoms. The molecular formula is C15H14BrN3O2S. The van der Waals surface area contributed by atoms with Crippen molar-refractivity contribution in [1.29, 1.82) is 0 Å². The molecular weight excluding hydrogens is 366 g/mol. The number of hydrogen-bond acceptors (Lipinski definition) is 4. The number of hydrogen-bond donors (Lipinski definition) is 3. The summed E-state index contributed by atoms with van der Waals surface area (Å²) in [6.07, 6.45) is 0. The molecule has 1 aliphatic rings. The van der Waals surface area contributed by atoms with Gasteiger partial charge in [-0.2, -0.15) is 0 Å². The number of rotatable bonds is 4. The second-order valence-corrected chi connectivity index (χ2v) is 5.95. The lowest BCUT2D eigenvalue weighted by atomic mass is 10.2.